The number of carbonyl (C=O) groups is 2. The van der Waals surface area contributed by atoms with Gasteiger partial charge >= 0.3 is 5.97 Å². The van der Waals surface area contributed by atoms with Gasteiger partial charge in [-0.15, -0.1) is 0 Å². The van der Waals surface area contributed by atoms with E-state index in [0.29, 0.717) is 15.7 Å². The fraction of sp³-hybridized carbons (Fsp3) is 0. The van der Waals surface area contributed by atoms with Gasteiger partial charge in [0, 0.05) is 19.3 Å². The van der Waals surface area contributed by atoms with Crippen LogP contribution in [0.1, 0.15) is 20.7 Å². The summed E-state index contributed by atoms with van der Waals surface area (Å²) >= 11 is 5.28. The Labute approximate surface area is 137 Å². The third-order valence-electron chi connectivity index (χ3n) is 2.54. The Morgan fingerprint density at radius 2 is 1.90 bits per heavy atom. The van der Waals surface area contributed by atoms with Crippen LogP contribution in [0.4, 0.5) is 5.69 Å². The molecule has 0 aliphatic heterocycles. The zero-order valence-electron chi connectivity index (χ0n) is 10.1. The van der Waals surface area contributed by atoms with E-state index >= 15 is 0 Å². The number of halogens is 2. The van der Waals surface area contributed by atoms with E-state index in [9.17, 15) is 9.59 Å². The number of anilines is 1. The normalized spacial score (nSPS) is 10.1. The van der Waals surface area contributed by atoms with Gasteiger partial charge in [-0.05, 0) is 74.9 Å². The second-order valence-electron chi connectivity index (χ2n) is 3.96. The molecule has 20 heavy (non-hydrogen) atoms. The number of carboxylic acids is 1. The molecule has 0 saturated carbocycles. The second kappa shape index (κ2) is 6.36. The number of rotatable bonds is 3. The van der Waals surface area contributed by atoms with Crippen molar-refractivity contribution in [1.82, 2.24) is 0 Å². The molecule has 0 fully saturated rings. The molecule has 6 heteroatoms. The van der Waals surface area contributed by atoms with Crippen molar-refractivity contribution in [3.8, 4) is 0 Å². The summed E-state index contributed by atoms with van der Waals surface area (Å²) in [6, 6.07) is 11.8. The minimum Gasteiger partial charge on any atom is -0.478 e. The Morgan fingerprint density at radius 1 is 1.15 bits per heavy atom. The van der Waals surface area contributed by atoms with E-state index in [-0.39, 0.29) is 11.5 Å². The molecule has 2 rings (SSSR count). The van der Waals surface area contributed by atoms with Crippen molar-refractivity contribution >= 4 is 56.1 Å². The van der Waals surface area contributed by atoms with Gasteiger partial charge in [-0.1, -0.05) is 6.07 Å². The number of carboxylic acid groups (broad SMARTS) is 1. The smallest absolute Gasteiger partial charge is 0.336 e. The van der Waals surface area contributed by atoms with Gasteiger partial charge in [0.05, 0.1) is 5.56 Å². The van der Waals surface area contributed by atoms with Crippen LogP contribution in [0, 0.1) is 3.57 Å². The van der Waals surface area contributed by atoms with Crippen LogP contribution >= 0.6 is 38.5 Å². The van der Waals surface area contributed by atoms with Gasteiger partial charge in [-0.3, -0.25) is 4.79 Å². The van der Waals surface area contributed by atoms with Crippen LogP contribution in [0.2, 0.25) is 0 Å². The van der Waals surface area contributed by atoms with Gasteiger partial charge in [0.2, 0.25) is 0 Å². The van der Waals surface area contributed by atoms with Gasteiger partial charge in [-0.25, -0.2) is 4.79 Å². The first kappa shape index (κ1) is 15.0. The molecule has 2 aromatic rings. The van der Waals surface area contributed by atoms with Crippen molar-refractivity contribution in [2.45, 2.75) is 0 Å². The predicted octanol–water partition coefficient (Wildman–Crippen LogP) is 4.00. The van der Waals surface area contributed by atoms with Crippen molar-refractivity contribution < 1.29 is 14.7 Å². The Morgan fingerprint density at radius 3 is 2.55 bits per heavy atom. The highest BCUT2D eigenvalue weighted by atomic mass is 127. The Kier molecular flexibility index (Phi) is 4.77. The zero-order chi connectivity index (χ0) is 14.7. The van der Waals surface area contributed by atoms with Crippen molar-refractivity contribution in [3.05, 3.63) is 61.6 Å². The third-order valence-corrected chi connectivity index (χ3v) is 3.90. The van der Waals surface area contributed by atoms with Crippen LogP contribution in [0.15, 0.2) is 46.9 Å². The molecule has 0 heterocycles. The molecular weight excluding hydrogens is 437 g/mol. The highest BCUT2D eigenvalue weighted by Gasteiger charge is 2.11. The van der Waals surface area contributed by atoms with Crippen LogP contribution in [0.3, 0.4) is 0 Å². The first-order chi connectivity index (χ1) is 9.47. The zero-order valence-corrected chi connectivity index (χ0v) is 13.8. The van der Waals surface area contributed by atoms with Gasteiger partial charge in [0.25, 0.3) is 5.91 Å². The fourth-order valence-electron chi connectivity index (χ4n) is 1.60. The quantitative estimate of drug-likeness (QED) is 0.701. The van der Waals surface area contributed by atoms with Crippen LogP contribution in [0.25, 0.3) is 0 Å². The molecule has 0 radical (unpaired) electrons. The highest BCUT2D eigenvalue weighted by Crippen LogP contribution is 2.21. The van der Waals surface area contributed by atoms with Gasteiger partial charge in [-0.2, -0.15) is 0 Å². The maximum atomic E-state index is 12.1. The SMILES string of the molecule is O=C(Nc1ccc(Br)c(C(=O)O)c1)c1cccc(I)c1. The Hall–Kier alpha value is -1.41. The van der Waals surface area contributed by atoms with Gasteiger partial charge in [0.15, 0.2) is 0 Å². The number of carbonyl (C=O) groups excluding carboxylic acids is 1. The monoisotopic (exact) mass is 445 g/mol. The molecule has 0 atom stereocenters. The van der Waals surface area contributed by atoms with Crippen molar-refractivity contribution in [1.29, 1.82) is 0 Å². The minimum atomic E-state index is -1.05. The summed E-state index contributed by atoms with van der Waals surface area (Å²) < 4.78 is 1.43. The highest BCUT2D eigenvalue weighted by molar-refractivity contribution is 14.1. The Bertz CT molecular complexity index is 688. The number of aromatic carboxylic acids is 1. The second-order valence-corrected chi connectivity index (χ2v) is 6.06. The van der Waals surface area contributed by atoms with Crippen LogP contribution in [-0.4, -0.2) is 17.0 Å². The minimum absolute atomic E-state index is 0.102. The van der Waals surface area contributed by atoms with Crippen molar-refractivity contribution in [3.63, 3.8) is 0 Å². The van der Waals surface area contributed by atoms with Gasteiger partial charge in [0.1, 0.15) is 0 Å². The lowest BCUT2D eigenvalue weighted by Crippen LogP contribution is -2.12. The molecule has 0 aromatic heterocycles. The largest absolute Gasteiger partial charge is 0.478 e. The van der Waals surface area contributed by atoms with E-state index < -0.39 is 5.97 Å². The molecule has 0 saturated heterocycles. The number of hydrogen-bond donors (Lipinski definition) is 2. The number of nitrogens with one attached hydrogen (secondary N) is 1. The molecule has 1 amide bonds. The maximum Gasteiger partial charge on any atom is 0.336 e. The summed E-state index contributed by atoms with van der Waals surface area (Å²) in [6.07, 6.45) is 0. The number of benzene rings is 2. The van der Waals surface area contributed by atoms with E-state index in [2.05, 4.69) is 43.8 Å². The standard InChI is InChI=1S/C14H9BrINO3/c15-12-5-4-10(7-11(12)14(19)20)17-13(18)8-2-1-3-9(16)6-8/h1-7H,(H,17,18)(H,19,20). The van der Waals surface area contributed by atoms with E-state index in [1.54, 1.807) is 30.3 Å². The van der Waals surface area contributed by atoms with Crippen LogP contribution in [-0.2, 0) is 0 Å². The summed E-state index contributed by atoms with van der Waals surface area (Å²) in [4.78, 5) is 23.1. The van der Waals surface area contributed by atoms with Crippen LogP contribution < -0.4 is 5.32 Å². The topological polar surface area (TPSA) is 66.4 Å². The maximum absolute atomic E-state index is 12.1. The molecule has 2 N–H and O–H groups in total. The lowest BCUT2D eigenvalue weighted by Gasteiger charge is -2.07. The summed E-state index contributed by atoms with van der Waals surface area (Å²) in [5, 5.41) is 11.7. The summed E-state index contributed by atoms with van der Waals surface area (Å²) in [5.74, 6) is -1.33. The third kappa shape index (κ3) is 3.57. The van der Waals surface area contributed by atoms with E-state index in [1.807, 2.05) is 6.07 Å². The Balaban J connectivity index is 2.24. The van der Waals surface area contributed by atoms with Crippen LogP contribution in [0.5, 0.6) is 0 Å². The summed E-state index contributed by atoms with van der Waals surface area (Å²) in [5.41, 5.74) is 1.07. The van der Waals surface area contributed by atoms with Crippen molar-refractivity contribution in [2.75, 3.05) is 5.32 Å². The predicted molar refractivity (Wildman–Crippen MR) is 88.2 cm³/mol. The average molecular weight is 446 g/mol. The van der Waals surface area contributed by atoms with E-state index in [0.717, 1.165) is 3.57 Å². The first-order valence-corrected chi connectivity index (χ1v) is 7.44. The molecule has 0 spiro atoms. The molecule has 2 aromatic carbocycles. The molecule has 0 unspecified atom stereocenters. The van der Waals surface area contributed by atoms with E-state index in [4.69, 9.17) is 5.11 Å². The average Bonchev–Trinajstić information content (AvgIpc) is 2.40. The number of hydrogen-bond acceptors (Lipinski definition) is 2. The van der Waals surface area contributed by atoms with E-state index in [1.165, 1.54) is 6.07 Å². The summed E-state index contributed by atoms with van der Waals surface area (Å²) in [6.45, 7) is 0. The number of amides is 1. The molecular formula is C14H9BrINO3. The molecule has 0 aliphatic carbocycles. The molecule has 102 valence electrons. The molecule has 0 aliphatic rings. The molecule has 0 bridgehead atoms. The lowest BCUT2D eigenvalue weighted by atomic mass is 10.2. The molecule has 4 nitrogen and oxygen atoms in total. The van der Waals surface area contributed by atoms with Crippen molar-refractivity contribution in [2.24, 2.45) is 0 Å². The fourth-order valence-corrected chi connectivity index (χ4v) is 2.56. The first-order valence-electron chi connectivity index (χ1n) is 5.57. The summed E-state index contributed by atoms with van der Waals surface area (Å²) in [7, 11) is 0. The lowest BCUT2D eigenvalue weighted by molar-refractivity contribution is 0.0695. The van der Waals surface area contributed by atoms with Gasteiger partial charge < -0.3 is 10.4 Å².